The fourth-order valence-corrected chi connectivity index (χ4v) is 2.62. The predicted octanol–water partition coefficient (Wildman–Crippen LogP) is 2.92. The Bertz CT molecular complexity index is 789. The maximum Gasteiger partial charge on any atom is 0.256 e. The van der Waals surface area contributed by atoms with E-state index in [0.29, 0.717) is 30.5 Å². The molecule has 1 aliphatic heterocycles. The van der Waals surface area contributed by atoms with Crippen molar-refractivity contribution in [3.05, 3.63) is 53.1 Å². The topological polar surface area (TPSA) is 71.1 Å². The van der Waals surface area contributed by atoms with Crippen LogP contribution in [0.2, 0.25) is 0 Å². The SMILES string of the molecule is CCc1cnccc1C(=O)Nc1cc2c(cc1F)NC(=O)CC2. The van der Waals surface area contributed by atoms with Crippen molar-refractivity contribution < 1.29 is 14.0 Å². The molecule has 23 heavy (non-hydrogen) atoms. The summed E-state index contributed by atoms with van der Waals surface area (Å²) in [4.78, 5) is 27.7. The number of hydrogen-bond donors (Lipinski definition) is 2. The van der Waals surface area contributed by atoms with E-state index in [0.717, 1.165) is 11.1 Å². The van der Waals surface area contributed by atoms with Crippen molar-refractivity contribution in [2.75, 3.05) is 10.6 Å². The molecule has 1 aromatic carbocycles. The van der Waals surface area contributed by atoms with Crippen LogP contribution in [0.5, 0.6) is 0 Å². The van der Waals surface area contributed by atoms with Crippen LogP contribution in [0.1, 0.15) is 34.8 Å². The molecule has 0 spiro atoms. The molecule has 0 aliphatic carbocycles. The number of hydrogen-bond acceptors (Lipinski definition) is 3. The molecule has 1 aliphatic rings. The maximum absolute atomic E-state index is 14.2. The number of aromatic nitrogens is 1. The number of nitrogens with zero attached hydrogens (tertiary/aromatic N) is 1. The van der Waals surface area contributed by atoms with E-state index in [1.165, 1.54) is 12.3 Å². The summed E-state index contributed by atoms with van der Waals surface area (Å²) in [6, 6.07) is 4.44. The number of nitrogens with one attached hydrogen (secondary N) is 2. The number of carbonyl (C=O) groups is 2. The lowest BCUT2D eigenvalue weighted by molar-refractivity contribution is -0.116. The zero-order chi connectivity index (χ0) is 16.4. The van der Waals surface area contributed by atoms with Gasteiger partial charge in [0.1, 0.15) is 5.82 Å². The summed E-state index contributed by atoms with van der Waals surface area (Å²) in [5, 5.41) is 5.24. The molecule has 2 N–H and O–H groups in total. The summed E-state index contributed by atoms with van der Waals surface area (Å²) in [5.41, 5.74) is 2.67. The number of aryl methyl sites for hydroxylation is 2. The first-order valence-corrected chi connectivity index (χ1v) is 7.45. The Hall–Kier alpha value is -2.76. The van der Waals surface area contributed by atoms with Gasteiger partial charge in [0.2, 0.25) is 5.91 Å². The number of halogens is 1. The number of anilines is 2. The Morgan fingerprint density at radius 2 is 2.22 bits per heavy atom. The Morgan fingerprint density at radius 1 is 1.39 bits per heavy atom. The zero-order valence-corrected chi connectivity index (χ0v) is 12.6. The van der Waals surface area contributed by atoms with Crippen molar-refractivity contribution in [1.82, 2.24) is 4.98 Å². The Kier molecular flexibility index (Phi) is 4.06. The molecule has 0 radical (unpaired) electrons. The third kappa shape index (κ3) is 3.06. The molecule has 0 saturated carbocycles. The molecule has 0 saturated heterocycles. The Morgan fingerprint density at radius 3 is 3.00 bits per heavy atom. The van der Waals surface area contributed by atoms with Crippen LogP contribution in [-0.4, -0.2) is 16.8 Å². The molecular weight excluding hydrogens is 297 g/mol. The molecule has 5 nitrogen and oxygen atoms in total. The second kappa shape index (κ2) is 6.16. The quantitative estimate of drug-likeness (QED) is 0.915. The molecule has 0 fully saturated rings. The minimum absolute atomic E-state index is 0.115. The summed E-state index contributed by atoms with van der Waals surface area (Å²) in [7, 11) is 0. The Balaban J connectivity index is 1.88. The summed E-state index contributed by atoms with van der Waals surface area (Å²) in [5.74, 6) is -1.08. The summed E-state index contributed by atoms with van der Waals surface area (Å²) in [6.45, 7) is 1.93. The van der Waals surface area contributed by atoms with Gasteiger partial charge in [-0.3, -0.25) is 14.6 Å². The van der Waals surface area contributed by atoms with Crippen LogP contribution in [0.15, 0.2) is 30.6 Å². The molecule has 0 unspecified atom stereocenters. The van der Waals surface area contributed by atoms with E-state index in [4.69, 9.17) is 0 Å². The molecule has 0 bridgehead atoms. The van der Waals surface area contributed by atoms with Crippen molar-refractivity contribution in [3.63, 3.8) is 0 Å². The number of rotatable bonds is 3. The van der Waals surface area contributed by atoms with Gasteiger partial charge in [0, 0.05) is 30.1 Å². The van der Waals surface area contributed by atoms with Crippen molar-refractivity contribution in [2.45, 2.75) is 26.2 Å². The van der Waals surface area contributed by atoms with Gasteiger partial charge in [0.15, 0.2) is 0 Å². The van der Waals surface area contributed by atoms with Crippen molar-refractivity contribution >= 4 is 23.2 Å². The average Bonchev–Trinajstić information content (AvgIpc) is 2.55. The van der Waals surface area contributed by atoms with Gasteiger partial charge < -0.3 is 10.6 Å². The van der Waals surface area contributed by atoms with E-state index < -0.39 is 5.82 Å². The van der Waals surface area contributed by atoms with E-state index in [1.54, 1.807) is 18.3 Å². The van der Waals surface area contributed by atoms with Crippen LogP contribution >= 0.6 is 0 Å². The number of benzene rings is 1. The van der Waals surface area contributed by atoms with Crippen LogP contribution in [0.3, 0.4) is 0 Å². The molecular formula is C17H16FN3O2. The molecule has 1 aromatic heterocycles. The number of amides is 2. The van der Waals surface area contributed by atoms with Crippen LogP contribution < -0.4 is 10.6 Å². The van der Waals surface area contributed by atoms with E-state index in [-0.39, 0.29) is 17.5 Å². The molecule has 6 heteroatoms. The lowest BCUT2D eigenvalue weighted by Gasteiger charge is -2.18. The summed E-state index contributed by atoms with van der Waals surface area (Å²) < 4.78 is 14.2. The highest BCUT2D eigenvalue weighted by atomic mass is 19.1. The predicted molar refractivity (Wildman–Crippen MR) is 84.9 cm³/mol. The second-order valence-corrected chi connectivity index (χ2v) is 5.38. The average molecular weight is 313 g/mol. The largest absolute Gasteiger partial charge is 0.326 e. The van der Waals surface area contributed by atoms with Gasteiger partial charge >= 0.3 is 0 Å². The minimum Gasteiger partial charge on any atom is -0.326 e. The third-order valence-electron chi connectivity index (χ3n) is 3.87. The molecule has 2 heterocycles. The van der Waals surface area contributed by atoms with Crippen LogP contribution in [0, 0.1) is 5.82 Å². The van der Waals surface area contributed by atoms with Crippen LogP contribution in [0.4, 0.5) is 15.8 Å². The molecule has 3 rings (SSSR count). The highest BCUT2D eigenvalue weighted by Gasteiger charge is 2.19. The number of carbonyl (C=O) groups excluding carboxylic acids is 2. The van der Waals surface area contributed by atoms with Gasteiger partial charge in [0.25, 0.3) is 5.91 Å². The molecule has 2 amide bonds. The number of pyridine rings is 1. The highest BCUT2D eigenvalue weighted by molar-refractivity contribution is 6.05. The lowest BCUT2D eigenvalue weighted by atomic mass is 10.0. The van der Waals surface area contributed by atoms with Gasteiger partial charge in [0.05, 0.1) is 5.69 Å². The smallest absolute Gasteiger partial charge is 0.256 e. The first kappa shape index (κ1) is 15.1. The third-order valence-corrected chi connectivity index (χ3v) is 3.87. The normalized spacial score (nSPS) is 13.2. The van der Waals surface area contributed by atoms with Crippen molar-refractivity contribution in [2.24, 2.45) is 0 Å². The van der Waals surface area contributed by atoms with Gasteiger partial charge in [-0.25, -0.2) is 4.39 Å². The van der Waals surface area contributed by atoms with Gasteiger partial charge in [-0.2, -0.15) is 0 Å². The summed E-state index contributed by atoms with van der Waals surface area (Å²) >= 11 is 0. The van der Waals surface area contributed by atoms with E-state index >= 15 is 0 Å². The van der Waals surface area contributed by atoms with Crippen LogP contribution in [-0.2, 0) is 17.6 Å². The number of fused-ring (bicyclic) bond motifs is 1. The van der Waals surface area contributed by atoms with E-state index in [1.807, 2.05) is 6.92 Å². The maximum atomic E-state index is 14.2. The molecule has 2 aromatic rings. The first-order chi connectivity index (χ1) is 11.1. The monoisotopic (exact) mass is 313 g/mol. The fourth-order valence-electron chi connectivity index (χ4n) is 2.62. The molecule has 0 atom stereocenters. The van der Waals surface area contributed by atoms with Gasteiger partial charge in [-0.05, 0) is 42.2 Å². The molecule has 118 valence electrons. The fraction of sp³-hybridized carbons (Fsp3) is 0.235. The highest BCUT2D eigenvalue weighted by Crippen LogP contribution is 2.28. The van der Waals surface area contributed by atoms with Crippen LogP contribution in [0.25, 0.3) is 0 Å². The first-order valence-electron chi connectivity index (χ1n) is 7.45. The van der Waals surface area contributed by atoms with Crippen molar-refractivity contribution in [3.8, 4) is 0 Å². The summed E-state index contributed by atoms with van der Waals surface area (Å²) in [6.07, 6.45) is 4.71. The standard InChI is InChI=1S/C17H16FN3O2/c1-2-10-9-19-6-5-12(10)17(23)21-15-7-11-3-4-16(22)20-14(11)8-13(15)18/h5-9H,2-4H2,1H3,(H,20,22)(H,21,23). The van der Waals surface area contributed by atoms with Gasteiger partial charge in [-0.15, -0.1) is 0 Å². The second-order valence-electron chi connectivity index (χ2n) is 5.38. The Labute approximate surface area is 132 Å². The van der Waals surface area contributed by atoms with Gasteiger partial charge in [-0.1, -0.05) is 6.92 Å². The van der Waals surface area contributed by atoms with E-state index in [9.17, 15) is 14.0 Å². The minimum atomic E-state index is -0.577. The zero-order valence-electron chi connectivity index (χ0n) is 12.6. The van der Waals surface area contributed by atoms with Crippen molar-refractivity contribution in [1.29, 1.82) is 0 Å². The lowest BCUT2D eigenvalue weighted by Crippen LogP contribution is -2.20. The van der Waals surface area contributed by atoms with E-state index in [2.05, 4.69) is 15.6 Å².